The molecule has 0 bridgehead atoms. The molecule has 116 valence electrons. The number of nitrogens with one attached hydrogen (secondary N) is 1. The summed E-state index contributed by atoms with van der Waals surface area (Å²) in [6.07, 6.45) is 2.70. The van der Waals surface area contributed by atoms with Crippen molar-refractivity contribution in [3.63, 3.8) is 0 Å². The fourth-order valence-corrected chi connectivity index (χ4v) is 3.54. The van der Waals surface area contributed by atoms with Gasteiger partial charge in [-0.25, -0.2) is 0 Å². The Morgan fingerprint density at radius 2 is 1.95 bits per heavy atom. The molecule has 1 heterocycles. The lowest BCUT2D eigenvalue weighted by atomic mass is 9.64. The van der Waals surface area contributed by atoms with E-state index in [9.17, 15) is 5.11 Å². The third-order valence-corrected chi connectivity index (χ3v) is 5.52. The van der Waals surface area contributed by atoms with Gasteiger partial charge in [0.15, 0.2) is 11.5 Å². The summed E-state index contributed by atoms with van der Waals surface area (Å²) in [5.41, 5.74) is 1.18. The van der Waals surface area contributed by atoms with E-state index in [0.717, 1.165) is 24.5 Å². The van der Waals surface area contributed by atoms with E-state index in [1.807, 2.05) is 0 Å². The monoisotopic (exact) mass is 309 g/mol. The van der Waals surface area contributed by atoms with Crippen molar-refractivity contribution in [2.24, 2.45) is 5.41 Å². The Balaban J connectivity index is 1.73. The van der Waals surface area contributed by atoms with Gasteiger partial charge >= 0.3 is 0 Å². The van der Waals surface area contributed by atoms with Crippen molar-refractivity contribution in [2.45, 2.75) is 43.9 Å². The largest absolute Gasteiger partial charge is 0.486 e. The Morgan fingerprint density at radius 3 is 2.52 bits per heavy atom. The van der Waals surface area contributed by atoms with Gasteiger partial charge in [-0.05, 0) is 30.4 Å². The first-order valence-corrected chi connectivity index (χ1v) is 8.63. The summed E-state index contributed by atoms with van der Waals surface area (Å²) in [6.45, 7) is 6.23. The zero-order valence-electron chi connectivity index (χ0n) is 12.8. The Kier molecular flexibility index (Phi) is 4.08. The highest BCUT2D eigenvalue weighted by atomic mass is 32.2. The number of ether oxygens (including phenoxy) is 2. The van der Waals surface area contributed by atoms with Crippen LogP contribution in [-0.4, -0.2) is 36.7 Å². The molecule has 0 spiro atoms. The van der Waals surface area contributed by atoms with E-state index in [1.165, 1.54) is 10.5 Å². The number of hydrogen-bond acceptors (Lipinski definition) is 5. The minimum Gasteiger partial charge on any atom is -0.486 e. The Bertz CT molecular complexity index is 532. The molecule has 1 aliphatic carbocycles. The third kappa shape index (κ3) is 2.74. The molecule has 0 aromatic heterocycles. The number of fused-ring (bicyclic) bond motifs is 1. The molecule has 3 rings (SSSR count). The van der Waals surface area contributed by atoms with E-state index in [-0.39, 0.29) is 11.5 Å². The summed E-state index contributed by atoms with van der Waals surface area (Å²) >= 11 is 1.72. The highest BCUT2D eigenvalue weighted by Crippen LogP contribution is 2.41. The summed E-state index contributed by atoms with van der Waals surface area (Å²) in [7, 11) is 0. The topological polar surface area (TPSA) is 50.7 Å². The van der Waals surface area contributed by atoms with Crippen LogP contribution in [0.1, 0.15) is 25.8 Å². The van der Waals surface area contributed by atoms with Crippen LogP contribution in [0.4, 0.5) is 0 Å². The minimum absolute atomic E-state index is 0.0483. The first-order valence-electron chi connectivity index (χ1n) is 7.40. The maximum absolute atomic E-state index is 9.82. The lowest BCUT2D eigenvalue weighted by molar-refractivity contribution is -0.0730. The van der Waals surface area contributed by atoms with Crippen LogP contribution in [0.2, 0.25) is 0 Å². The van der Waals surface area contributed by atoms with Crippen molar-refractivity contribution in [2.75, 3.05) is 19.5 Å². The van der Waals surface area contributed by atoms with Gasteiger partial charge in [0.25, 0.3) is 0 Å². The summed E-state index contributed by atoms with van der Waals surface area (Å²) in [4.78, 5) is 1.21. The summed E-state index contributed by atoms with van der Waals surface area (Å²) in [5, 5.41) is 13.4. The fourth-order valence-electron chi connectivity index (χ4n) is 2.92. The predicted molar refractivity (Wildman–Crippen MR) is 84.2 cm³/mol. The number of thioether (sulfide) groups is 1. The van der Waals surface area contributed by atoms with Crippen LogP contribution in [0.3, 0.4) is 0 Å². The van der Waals surface area contributed by atoms with Crippen LogP contribution < -0.4 is 14.8 Å². The third-order valence-electron chi connectivity index (χ3n) is 4.70. The standard InChI is InChI=1S/C16H23NO3S/c1-16(2)14(8-15(16)18)17-9-10-6-11-12(7-13(10)21-3)20-5-4-19-11/h6-7,14-15,17-18H,4-5,8-9H2,1-3H3. The summed E-state index contributed by atoms with van der Waals surface area (Å²) in [6, 6.07) is 4.50. The first kappa shape index (κ1) is 15.0. The molecule has 1 saturated carbocycles. The Morgan fingerprint density at radius 1 is 1.29 bits per heavy atom. The van der Waals surface area contributed by atoms with Gasteiger partial charge in [-0.3, -0.25) is 0 Å². The van der Waals surface area contributed by atoms with Crippen LogP contribution in [0.15, 0.2) is 17.0 Å². The van der Waals surface area contributed by atoms with Crippen LogP contribution in [0.25, 0.3) is 0 Å². The molecule has 2 unspecified atom stereocenters. The molecule has 5 heteroatoms. The zero-order valence-corrected chi connectivity index (χ0v) is 13.6. The maximum atomic E-state index is 9.82. The van der Waals surface area contributed by atoms with E-state index >= 15 is 0 Å². The second-order valence-electron chi connectivity index (χ2n) is 6.31. The molecule has 0 radical (unpaired) electrons. The van der Waals surface area contributed by atoms with Gasteiger partial charge in [-0.2, -0.15) is 0 Å². The van der Waals surface area contributed by atoms with Crippen LogP contribution in [0.5, 0.6) is 11.5 Å². The number of aliphatic hydroxyl groups is 1. The zero-order chi connectivity index (χ0) is 15.0. The van der Waals surface area contributed by atoms with E-state index in [4.69, 9.17) is 9.47 Å². The van der Waals surface area contributed by atoms with Gasteiger partial charge in [0, 0.05) is 22.9 Å². The molecular weight excluding hydrogens is 286 g/mol. The van der Waals surface area contributed by atoms with Crippen molar-refractivity contribution in [1.82, 2.24) is 5.32 Å². The molecule has 1 fully saturated rings. The number of aliphatic hydroxyl groups excluding tert-OH is 1. The number of hydrogen-bond donors (Lipinski definition) is 2. The summed E-state index contributed by atoms with van der Waals surface area (Å²) < 4.78 is 11.3. The smallest absolute Gasteiger partial charge is 0.162 e. The molecule has 2 atom stereocenters. The molecule has 0 saturated heterocycles. The van der Waals surface area contributed by atoms with E-state index in [2.05, 4.69) is 37.6 Å². The summed E-state index contributed by atoms with van der Waals surface area (Å²) in [5.74, 6) is 1.68. The van der Waals surface area contributed by atoms with Crippen LogP contribution in [-0.2, 0) is 6.54 Å². The van der Waals surface area contributed by atoms with Gasteiger partial charge in [0.1, 0.15) is 13.2 Å². The minimum atomic E-state index is -0.199. The van der Waals surface area contributed by atoms with Crippen LogP contribution >= 0.6 is 11.8 Å². The van der Waals surface area contributed by atoms with Gasteiger partial charge in [-0.1, -0.05) is 13.8 Å². The molecular formula is C16H23NO3S. The first-order chi connectivity index (χ1) is 10.0. The Hall–Kier alpha value is -0.910. The Labute approximate surface area is 130 Å². The maximum Gasteiger partial charge on any atom is 0.162 e. The average molecular weight is 309 g/mol. The lowest BCUT2D eigenvalue weighted by Crippen LogP contribution is -2.59. The second kappa shape index (κ2) is 5.71. The van der Waals surface area contributed by atoms with Crippen molar-refractivity contribution in [3.8, 4) is 11.5 Å². The van der Waals surface area contributed by atoms with Crippen molar-refractivity contribution >= 4 is 11.8 Å². The van der Waals surface area contributed by atoms with Crippen LogP contribution in [0, 0.1) is 5.41 Å². The fraction of sp³-hybridized carbons (Fsp3) is 0.625. The average Bonchev–Trinajstić information content (AvgIpc) is 2.50. The van der Waals surface area contributed by atoms with Gasteiger partial charge in [0.2, 0.25) is 0 Å². The molecule has 2 aliphatic rings. The normalized spacial score (nSPS) is 26.3. The SMILES string of the molecule is CSc1cc2c(cc1CNC1CC(O)C1(C)C)OCCO2. The second-order valence-corrected chi connectivity index (χ2v) is 7.16. The van der Waals surface area contributed by atoms with Crippen molar-refractivity contribution < 1.29 is 14.6 Å². The van der Waals surface area contributed by atoms with Gasteiger partial charge in [-0.15, -0.1) is 11.8 Å². The number of rotatable bonds is 4. The van der Waals surface area contributed by atoms with Crippen molar-refractivity contribution in [3.05, 3.63) is 17.7 Å². The molecule has 0 amide bonds. The van der Waals surface area contributed by atoms with Gasteiger partial charge in [0.05, 0.1) is 6.10 Å². The van der Waals surface area contributed by atoms with E-state index in [1.54, 1.807) is 11.8 Å². The molecule has 2 N–H and O–H groups in total. The van der Waals surface area contributed by atoms with E-state index in [0.29, 0.717) is 19.3 Å². The van der Waals surface area contributed by atoms with Gasteiger partial charge < -0.3 is 19.9 Å². The van der Waals surface area contributed by atoms with E-state index < -0.39 is 0 Å². The quantitative estimate of drug-likeness (QED) is 0.837. The molecule has 4 nitrogen and oxygen atoms in total. The highest BCUT2D eigenvalue weighted by Gasteiger charge is 2.46. The lowest BCUT2D eigenvalue weighted by Gasteiger charge is -2.49. The molecule has 1 aromatic carbocycles. The van der Waals surface area contributed by atoms with Crippen molar-refractivity contribution in [1.29, 1.82) is 0 Å². The molecule has 21 heavy (non-hydrogen) atoms. The molecule has 1 aromatic rings. The molecule has 1 aliphatic heterocycles. The highest BCUT2D eigenvalue weighted by molar-refractivity contribution is 7.98. The predicted octanol–water partition coefficient (Wildman–Crippen LogP) is 2.43. The number of benzene rings is 1.